The van der Waals surface area contributed by atoms with Gasteiger partial charge in [-0.3, -0.25) is 4.68 Å². The van der Waals surface area contributed by atoms with E-state index in [4.69, 9.17) is 16.3 Å². The molecule has 0 spiro atoms. The number of benzene rings is 1. The summed E-state index contributed by atoms with van der Waals surface area (Å²) in [5.41, 5.74) is 2.87. The minimum Gasteiger partial charge on any atom is -0.461 e. The normalized spacial score (nSPS) is 11.0. The molecule has 1 aromatic carbocycles. The first-order valence-corrected chi connectivity index (χ1v) is 7.04. The summed E-state index contributed by atoms with van der Waals surface area (Å²) >= 11 is 5.87. The van der Waals surface area contributed by atoms with Gasteiger partial charge in [0.15, 0.2) is 0 Å². The topological polar surface area (TPSA) is 44.1 Å². The maximum absolute atomic E-state index is 11.6. The highest BCUT2D eigenvalue weighted by molar-refractivity contribution is 6.30. The molecule has 0 saturated carbocycles. The van der Waals surface area contributed by atoms with Gasteiger partial charge < -0.3 is 4.74 Å². The van der Waals surface area contributed by atoms with E-state index in [2.05, 4.69) is 5.10 Å². The zero-order valence-corrected chi connectivity index (χ0v) is 12.8. The highest BCUT2D eigenvalue weighted by Gasteiger charge is 2.02. The van der Waals surface area contributed by atoms with Crippen molar-refractivity contribution in [1.29, 1.82) is 0 Å². The summed E-state index contributed by atoms with van der Waals surface area (Å²) in [7, 11) is 0. The maximum Gasteiger partial charge on any atom is 0.330 e. The molecule has 0 amide bonds. The first-order chi connectivity index (χ1) is 10.0. The number of esters is 1. The molecule has 0 bridgehead atoms. The minimum atomic E-state index is -0.378. The van der Waals surface area contributed by atoms with Crippen molar-refractivity contribution in [1.82, 2.24) is 9.78 Å². The van der Waals surface area contributed by atoms with Crippen LogP contribution in [0.2, 0.25) is 5.02 Å². The summed E-state index contributed by atoms with van der Waals surface area (Å²) in [6.45, 7) is 4.75. The number of hydrogen-bond acceptors (Lipinski definition) is 3. The van der Waals surface area contributed by atoms with Gasteiger partial charge in [0.05, 0.1) is 12.2 Å². The zero-order chi connectivity index (χ0) is 15.2. The molecule has 0 aliphatic carbocycles. The number of ether oxygens (including phenoxy) is 1. The Labute approximate surface area is 129 Å². The fourth-order valence-electron chi connectivity index (χ4n) is 1.96. The van der Waals surface area contributed by atoms with Crippen LogP contribution in [0.1, 0.15) is 17.0 Å². The molecular formula is C16H17ClN2O2. The van der Waals surface area contributed by atoms with E-state index in [1.165, 1.54) is 6.08 Å². The SMILES string of the molecule is Cc1cc(C)n(CCOC(=O)/C=C/c2cccc(Cl)c2)n1. The number of hydrogen-bond donors (Lipinski definition) is 0. The number of carbonyl (C=O) groups is 1. The average molecular weight is 305 g/mol. The molecule has 0 saturated heterocycles. The first-order valence-electron chi connectivity index (χ1n) is 6.66. The zero-order valence-electron chi connectivity index (χ0n) is 12.0. The minimum absolute atomic E-state index is 0.292. The van der Waals surface area contributed by atoms with Gasteiger partial charge in [0.2, 0.25) is 0 Å². The van der Waals surface area contributed by atoms with E-state index < -0.39 is 0 Å². The van der Waals surface area contributed by atoms with E-state index in [-0.39, 0.29) is 5.97 Å². The van der Waals surface area contributed by atoms with Gasteiger partial charge in [-0.2, -0.15) is 5.10 Å². The lowest BCUT2D eigenvalue weighted by atomic mass is 10.2. The molecule has 0 atom stereocenters. The molecule has 1 heterocycles. The molecule has 5 heteroatoms. The molecule has 0 fully saturated rings. The second-order valence-corrected chi connectivity index (χ2v) is 5.14. The molecule has 1 aromatic heterocycles. The van der Waals surface area contributed by atoms with Crippen molar-refractivity contribution in [2.24, 2.45) is 0 Å². The van der Waals surface area contributed by atoms with Crippen LogP contribution in [0.4, 0.5) is 0 Å². The van der Waals surface area contributed by atoms with E-state index in [0.29, 0.717) is 18.2 Å². The third kappa shape index (κ3) is 4.76. The molecule has 110 valence electrons. The molecule has 2 aromatic rings. The number of carbonyl (C=O) groups excluding carboxylic acids is 1. The second-order valence-electron chi connectivity index (χ2n) is 4.71. The molecule has 0 radical (unpaired) electrons. The maximum atomic E-state index is 11.6. The van der Waals surface area contributed by atoms with Gasteiger partial charge >= 0.3 is 5.97 Å². The van der Waals surface area contributed by atoms with Crippen LogP contribution >= 0.6 is 11.6 Å². The highest BCUT2D eigenvalue weighted by atomic mass is 35.5. The largest absolute Gasteiger partial charge is 0.461 e. The van der Waals surface area contributed by atoms with Crippen LogP contribution in [-0.2, 0) is 16.1 Å². The van der Waals surface area contributed by atoms with Crippen LogP contribution < -0.4 is 0 Å². The van der Waals surface area contributed by atoms with E-state index in [1.807, 2.05) is 36.7 Å². The fraction of sp³-hybridized carbons (Fsp3) is 0.250. The van der Waals surface area contributed by atoms with Crippen molar-refractivity contribution >= 4 is 23.6 Å². The Morgan fingerprint density at radius 2 is 2.19 bits per heavy atom. The van der Waals surface area contributed by atoms with E-state index >= 15 is 0 Å². The summed E-state index contributed by atoms with van der Waals surface area (Å²) in [5.74, 6) is -0.378. The third-order valence-corrected chi connectivity index (χ3v) is 3.15. The molecule has 21 heavy (non-hydrogen) atoms. The number of aryl methyl sites for hydroxylation is 2. The Morgan fingerprint density at radius 1 is 1.38 bits per heavy atom. The van der Waals surface area contributed by atoms with Crippen LogP contribution in [0.25, 0.3) is 6.08 Å². The number of rotatable bonds is 5. The molecule has 0 N–H and O–H groups in total. The van der Waals surface area contributed by atoms with Crippen molar-refractivity contribution in [2.75, 3.05) is 6.61 Å². The Morgan fingerprint density at radius 3 is 2.86 bits per heavy atom. The molecule has 2 rings (SSSR count). The Kier molecular flexibility index (Phi) is 5.17. The van der Waals surface area contributed by atoms with E-state index in [0.717, 1.165) is 17.0 Å². The molecule has 0 aliphatic heterocycles. The number of halogens is 1. The average Bonchev–Trinajstić information content (AvgIpc) is 2.75. The number of aromatic nitrogens is 2. The highest BCUT2D eigenvalue weighted by Crippen LogP contribution is 2.11. The van der Waals surface area contributed by atoms with Gasteiger partial charge in [-0.25, -0.2) is 4.79 Å². The Balaban J connectivity index is 1.81. The summed E-state index contributed by atoms with van der Waals surface area (Å²) in [6.07, 6.45) is 3.07. The van der Waals surface area contributed by atoms with E-state index in [1.54, 1.807) is 18.2 Å². The van der Waals surface area contributed by atoms with Crippen LogP contribution in [0.5, 0.6) is 0 Å². The quantitative estimate of drug-likeness (QED) is 0.628. The van der Waals surface area contributed by atoms with Crippen LogP contribution in [0, 0.1) is 13.8 Å². The molecular weight excluding hydrogens is 288 g/mol. The van der Waals surface area contributed by atoms with Gasteiger partial charge in [-0.05, 0) is 43.7 Å². The van der Waals surface area contributed by atoms with Crippen molar-refractivity contribution in [3.05, 3.63) is 58.4 Å². The molecule has 0 unspecified atom stereocenters. The van der Waals surface area contributed by atoms with Gasteiger partial charge in [0, 0.05) is 16.8 Å². The van der Waals surface area contributed by atoms with Crippen LogP contribution in [0.15, 0.2) is 36.4 Å². The Bertz CT molecular complexity index is 662. The van der Waals surface area contributed by atoms with Crippen molar-refractivity contribution in [2.45, 2.75) is 20.4 Å². The Hall–Kier alpha value is -2.07. The van der Waals surface area contributed by atoms with Crippen molar-refractivity contribution in [3.8, 4) is 0 Å². The molecule has 0 aliphatic rings. The monoisotopic (exact) mass is 304 g/mol. The molecule has 4 nitrogen and oxygen atoms in total. The van der Waals surface area contributed by atoms with Gasteiger partial charge in [0.1, 0.15) is 6.61 Å². The lowest BCUT2D eigenvalue weighted by Crippen LogP contribution is -2.11. The predicted molar refractivity (Wildman–Crippen MR) is 83.1 cm³/mol. The number of nitrogens with zero attached hydrogens (tertiary/aromatic N) is 2. The summed E-state index contributed by atoms with van der Waals surface area (Å²) in [4.78, 5) is 11.6. The smallest absolute Gasteiger partial charge is 0.330 e. The van der Waals surface area contributed by atoms with Crippen LogP contribution in [-0.4, -0.2) is 22.4 Å². The third-order valence-electron chi connectivity index (χ3n) is 2.91. The predicted octanol–water partition coefficient (Wildman–Crippen LogP) is 3.41. The standard InChI is InChI=1S/C16H17ClN2O2/c1-12-10-13(2)19(18-12)8-9-21-16(20)7-6-14-4-3-5-15(17)11-14/h3-7,10-11H,8-9H2,1-2H3/b7-6+. The fourth-order valence-corrected chi connectivity index (χ4v) is 2.16. The first kappa shape index (κ1) is 15.3. The summed E-state index contributed by atoms with van der Waals surface area (Å²) in [5, 5.41) is 4.94. The second kappa shape index (κ2) is 7.09. The lowest BCUT2D eigenvalue weighted by molar-refractivity contribution is -0.138. The van der Waals surface area contributed by atoms with Crippen molar-refractivity contribution < 1.29 is 9.53 Å². The summed E-state index contributed by atoms with van der Waals surface area (Å²) < 4.78 is 6.97. The summed E-state index contributed by atoms with van der Waals surface area (Å²) in [6, 6.07) is 9.25. The van der Waals surface area contributed by atoms with Gasteiger partial charge in [-0.15, -0.1) is 0 Å². The van der Waals surface area contributed by atoms with Gasteiger partial charge in [0.25, 0.3) is 0 Å². The van der Waals surface area contributed by atoms with E-state index in [9.17, 15) is 4.79 Å². The van der Waals surface area contributed by atoms with Crippen LogP contribution in [0.3, 0.4) is 0 Å². The lowest BCUT2D eigenvalue weighted by Gasteiger charge is -2.04. The van der Waals surface area contributed by atoms with Gasteiger partial charge in [-0.1, -0.05) is 23.7 Å². The van der Waals surface area contributed by atoms with Crippen molar-refractivity contribution in [3.63, 3.8) is 0 Å².